The minimum Gasteiger partial charge on any atom is -0.373 e. The van der Waals surface area contributed by atoms with Gasteiger partial charge in [0, 0.05) is 18.5 Å². The van der Waals surface area contributed by atoms with Gasteiger partial charge in [-0.15, -0.1) is 0 Å². The van der Waals surface area contributed by atoms with Gasteiger partial charge in [-0.2, -0.15) is 0 Å². The highest BCUT2D eigenvalue weighted by Crippen LogP contribution is 2.39. The van der Waals surface area contributed by atoms with Gasteiger partial charge >= 0.3 is 0 Å². The van der Waals surface area contributed by atoms with Crippen LogP contribution in [0.4, 0.5) is 0 Å². The Labute approximate surface area is 100 Å². The van der Waals surface area contributed by atoms with Crippen molar-refractivity contribution in [3.63, 3.8) is 0 Å². The Hall–Kier alpha value is -0.0800. The van der Waals surface area contributed by atoms with Crippen LogP contribution in [0.5, 0.6) is 0 Å². The van der Waals surface area contributed by atoms with Crippen LogP contribution in [0.1, 0.15) is 52.9 Å². The highest BCUT2D eigenvalue weighted by molar-refractivity contribution is 4.92. The van der Waals surface area contributed by atoms with Crippen LogP contribution in [0, 0.1) is 11.3 Å². The van der Waals surface area contributed by atoms with Crippen molar-refractivity contribution in [2.24, 2.45) is 11.3 Å². The monoisotopic (exact) mass is 225 g/mol. The quantitative estimate of drug-likeness (QED) is 0.741. The fraction of sp³-hybridized carbons (Fsp3) is 1.00. The van der Waals surface area contributed by atoms with E-state index in [0.717, 1.165) is 19.7 Å². The van der Waals surface area contributed by atoms with Crippen molar-refractivity contribution in [1.82, 2.24) is 5.32 Å². The minimum atomic E-state index is 0.0287. The second-order valence-corrected chi connectivity index (χ2v) is 6.42. The molecule has 1 saturated carbocycles. The zero-order valence-corrected chi connectivity index (χ0v) is 11.1. The maximum Gasteiger partial charge on any atom is 0.0801 e. The molecule has 2 nitrogen and oxygen atoms in total. The molecule has 0 bridgehead atoms. The highest BCUT2D eigenvalue weighted by Gasteiger charge is 2.40. The average Bonchev–Trinajstić information content (AvgIpc) is 2.42. The van der Waals surface area contributed by atoms with E-state index >= 15 is 0 Å². The molecule has 1 N–H and O–H groups in total. The molecule has 1 spiro atoms. The van der Waals surface area contributed by atoms with E-state index in [1.807, 2.05) is 0 Å². The zero-order chi connectivity index (χ0) is 11.6. The smallest absolute Gasteiger partial charge is 0.0801 e. The lowest BCUT2D eigenvalue weighted by molar-refractivity contribution is -0.0847. The van der Waals surface area contributed by atoms with Crippen molar-refractivity contribution in [3.05, 3.63) is 0 Å². The first-order valence-corrected chi connectivity index (χ1v) is 6.91. The minimum absolute atomic E-state index is 0.0287. The largest absolute Gasteiger partial charge is 0.373 e. The van der Waals surface area contributed by atoms with Gasteiger partial charge in [-0.25, -0.2) is 0 Å². The Morgan fingerprint density at radius 3 is 2.38 bits per heavy atom. The maximum atomic E-state index is 6.28. The lowest BCUT2D eigenvalue weighted by Gasteiger charge is -2.37. The molecule has 1 atom stereocenters. The van der Waals surface area contributed by atoms with Crippen LogP contribution in [-0.4, -0.2) is 25.3 Å². The third-order valence-corrected chi connectivity index (χ3v) is 4.82. The maximum absolute atomic E-state index is 6.28. The van der Waals surface area contributed by atoms with E-state index in [1.165, 1.54) is 32.1 Å². The molecular formula is C14H27NO. The van der Waals surface area contributed by atoms with Gasteiger partial charge in [-0.1, -0.05) is 33.1 Å². The van der Waals surface area contributed by atoms with Crippen LogP contribution in [0.3, 0.4) is 0 Å². The van der Waals surface area contributed by atoms with Gasteiger partial charge in [-0.3, -0.25) is 0 Å². The molecule has 0 aromatic carbocycles. The first-order chi connectivity index (χ1) is 7.56. The molecule has 16 heavy (non-hydrogen) atoms. The van der Waals surface area contributed by atoms with Crippen LogP contribution in [0.25, 0.3) is 0 Å². The summed E-state index contributed by atoms with van der Waals surface area (Å²) >= 11 is 0. The topological polar surface area (TPSA) is 21.3 Å². The van der Waals surface area contributed by atoms with Gasteiger partial charge < -0.3 is 10.1 Å². The molecule has 2 aliphatic rings. The average molecular weight is 225 g/mol. The number of hydrogen-bond acceptors (Lipinski definition) is 2. The van der Waals surface area contributed by atoms with E-state index in [9.17, 15) is 0 Å². The molecule has 94 valence electrons. The molecule has 1 aliphatic heterocycles. The predicted octanol–water partition coefficient (Wildman–Crippen LogP) is 2.97. The Kier molecular flexibility index (Phi) is 3.60. The van der Waals surface area contributed by atoms with Gasteiger partial charge in [-0.05, 0) is 25.7 Å². The summed E-state index contributed by atoms with van der Waals surface area (Å²) in [7, 11) is 0. The lowest BCUT2D eigenvalue weighted by Crippen LogP contribution is -2.42. The first-order valence-electron chi connectivity index (χ1n) is 6.91. The van der Waals surface area contributed by atoms with Crippen LogP contribution in [-0.2, 0) is 4.74 Å². The molecule has 0 amide bonds. The van der Waals surface area contributed by atoms with Crippen LogP contribution < -0.4 is 5.32 Å². The molecule has 2 fully saturated rings. The summed E-state index contributed by atoms with van der Waals surface area (Å²) in [6, 6.07) is 0. The third kappa shape index (κ3) is 2.43. The van der Waals surface area contributed by atoms with Crippen molar-refractivity contribution >= 4 is 0 Å². The second-order valence-electron chi connectivity index (χ2n) is 6.42. The Morgan fingerprint density at radius 2 is 1.75 bits per heavy atom. The zero-order valence-electron chi connectivity index (χ0n) is 11.1. The van der Waals surface area contributed by atoms with Crippen molar-refractivity contribution in [3.8, 4) is 0 Å². The Morgan fingerprint density at radius 1 is 1.06 bits per heavy atom. The Balaban J connectivity index is 2.02. The number of hydrogen-bond donors (Lipinski definition) is 1. The molecule has 1 heterocycles. The van der Waals surface area contributed by atoms with Gasteiger partial charge in [0.2, 0.25) is 0 Å². The number of ether oxygens (including phenoxy) is 1. The molecule has 1 saturated heterocycles. The SMILES string of the molecule is CC(C)C1(C)CNCC2(CCCCC2)CO1. The van der Waals surface area contributed by atoms with E-state index in [2.05, 4.69) is 26.1 Å². The van der Waals surface area contributed by atoms with Crippen molar-refractivity contribution < 1.29 is 4.74 Å². The fourth-order valence-corrected chi connectivity index (χ4v) is 2.99. The number of nitrogens with one attached hydrogen (secondary N) is 1. The lowest BCUT2D eigenvalue weighted by atomic mass is 9.74. The van der Waals surface area contributed by atoms with Gasteiger partial charge in [0.25, 0.3) is 0 Å². The Bertz CT molecular complexity index is 233. The van der Waals surface area contributed by atoms with E-state index in [-0.39, 0.29) is 5.60 Å². The van der Waals surface area contributed by atoms with Crippen molar-refractivity contribution in [1.29, 1.82) is 0 Å². The third-order valence-electron chi connectivity index (χ3n) is 4.82. The summed E-state index contributed by atoms with van der Waals surface area (Å²) in [4.78, 5) is 0. The van der Waals surface area contributed by atoms with Crippen molar-refractivity contribution in [2.45, 2.75) is 58.5 Å². The molecule has 0 radical (unpaired) electrons. The fourth-order valence-electron chi connectivity index (χ4n) is 2.99. The normalized spacial score (nSPS) is 35.2. The molecule has 0 aromatic rings. The van der Waals surface area contributed by atoms with E-state index in [4.69, 9.17) is 4.74 Å². The molecule has 0 aromatic heterocycles. The summed E-state index contributed by atoms with van der Waals surface area (Å²) in [5.74, 6) is 0.582. The van der Waals surface area contributed by atoms with Gasteiger partial charge in [0.15, 0.2) is 0 Å². The summed E-state index contributed by atoms with van der Waals surface area (Å²) < 4.78 is 6.28. The van der Waals surface area contributed by atoms with Crippen LogP contribution in [0.2, 0.25) is 0 Å². The standard InChI is InChI=1S/C14H27NO/c1-12(2)13(3)9-15-10-14(11-16-13)7-5-4-6-8-14/h12,15H,4-11H2,1-3H3. The van der Waals surface area contributed by atoms with E-state index in [0.29, 0.717) is 11.3 Å². The molecule has 2 rings (SSSR count). The molecule has 1 aliphatic carbocycles. The summed E-state index contributed by atoms with van der Waals surface area (Å²) in [5, 5.41) is 3.65. The molecule has 1 unspecified atom stereocenters. The second kappa shape index (κ2) is 4.66. The number of rotatable bonds is 1. The molecular weight excluding hydrogens is 198 g/mol. The van der Waals surface area contributed by atoms with Crippen LogP contribution >= 0.6 is 0 Å². The highest BCUT2D eigenvalue weighted by atomic mass is 16.5. The first kappa shape index (κ1) is 12.4. The van der Waals surface area contributed by atoms with Gasteiger partial charge in [0.1, 0.15) is 0 Å². The van der Waals surface area contributed by atoms with E-state index < -0.39 is 0 Å². The molecule has 2 heteroatoms. The summed E-state index contributed by atoms with van der Waals surface area (Å²) in [6.07, 6.45) is 6.92. The van der Waals surface area contributed by atoms with Gasteiger partial charge in [0.05, 0.1) is 12.2 Å². The van der Waals surface area contributed by atoms with Crippen molar-refractivity contribution in [2.75, 3.05) is 19.7 Å². The predicted molar refractivity (Wildman–Crippen MR) is 67.6 cm³/mol. The summed E-state index contributed by atoms with van der Waals surface area (Å²) in [6.45, 7) is 9.92. The van der Waals surface area contributed by atoms with Crippen LogP contribution in [0.15, 0.2) is 0 Å². The van der Waals surface area contributed by atoms with E-state index in [1.54, 1.807) is 0 Å². The summed E-state index contributed by atoms with van der Waals surface area (Å²) in [5.41, 5.74) is 0.478.